The van der Waals surface area contributed by atoms with E-state index in [4.69, 9.17) is 0 Å². The largest absolute Gasteiger partial charge is 0.356 e. The molecular formula is C21H36N4. The third kappa shape index (κ3) is 6.03. The predicted octanol–water partition coefficient (Wildman–Crippen LogP) is 3.03. The Balaban J connectivity index is 1.84. The Hall–Kier alpha value is -1.55. The molecule has 2 N–H and O–H groups in total. The number of hydrogen-bond donors (Lipinski definition) is 2. The van der Waals surface area contributed by atoms with Crippen molar-refractivity contribution in [2.45, 2.75) is 45.4 Å². The van der Waals surface area contributed by atoms with E-state index < -0.39 is 0 Å². The van der Waals surface area contributed by atoms with Gasteiger partial charge in [-0.3, -0.25) is 4.99 Å². The highest BCUT2D eigenvalue weighted by molar-refractivity contribution is 5.79. The van der Waals surface area contributed by atoms with Crippen LogP contribution < -0.4 is 10.6 Å². The van der Waals surface area contributed by atoms with Gasteiger partial charge in [0.1, 0.15) is 0 Å². The van der Waals surface area contributed by atoms with Crippen molar-refractivity contribution in [3.05, 3.63) is 35.4 Å². The van der Waals surface area contributed by atoms with Crippen LogP contribution in [0.5, 0.6) is 0 Å². The number of aliphatic imine (C=N–C) groups is 1. The van der Waals surface area contributed by atoms with Crippen LogP contribution in [-0.4, -0.2) is 51.1 Å². The minimum Gasteiger partial charge on any atom is -0.356 e. The molecule has 1 aliphatic rings. The summed E-state index contributed by atoms with van der Waals surface area (Å²) < 4.78 is 0. The fourth-order valence-electron chi connectivity index (χ4n) is 3.50. The van der Waals surface area contributed by atoms with Gasteiger partial charge in [0.05, 0.1) is 0 Å². The number of nitrogens with one attached hydrogen (secondary N) is 2. The normalized spacial score (nSPS) is 19.7. The molecule has 0 amide bonds. The molecule has 4 nitrogen and oxygen atoms in total. The smallest absolute Gasteiger partial charge is 0.191 e. The number of hydrogen-bond acceptors (Lipinski definition) is 2. The molecule has 2 rings (SSSR count). The van der Waals surface area contributed by atoms with Gasteiger partial charge in [0.2, 0.25) is 0 Å². The summed E-state index contributed by atoms with van der Waals surface area (Å²) in [6.45, 7) is 11.0. The molecule has 1 aromatic rings. The Kier molecular flexibility index (Phi) is 7.30. The Labute approximate surface area is 154 Å². The lowest BCUT2D eigenvalue weighted by atomic mass is 9.84. The molecule has 1 fully saturated rings. The van der Waals surface area contributed by atoms with Crippen LogP contribution in [0.1, 0.15) is 44.7 Å². The van der Waals surface area contributed by atoms with Gasteiger partial charge < -0.3 is 15.5 Å². The number of nitrogens with zero attached hydrogens (tertiary/aromatic N) is 2. The van der Waals surface area contributed by atoms with E-state index in [0.29, 0.717) is 5.92 Å². The molecule has 1 saturated heterocycles. The number of likely N-dealkylation sites (tertiary alicyclic amines) is 1. The zero-order chi connectivity index (χ0) is 18.3. The first-order chi connectivity index (χ1) is 11.9. The summed E-state index contributed by atoms with van der Waals surface area (Å²) in [7, 11) is 4.07. The number of piperidine rings is 1. The molecule has 1 atom stereocenters. The van der Waals surface area contributed by atoms with Crippen LogP contribution in [0.4, 0.5) is 0 Å². The summed E-state index contributed by atoms with van der Waals surface area (Å²) in [4.78, 5) is 6.82. The molecule has 140 valence electrons. The highest BCUT2D eigenvalue weighted by Crippen LogP contribution is 2.22. The summed E-state index contributed by atoms with van der Waals surface area (Å²) in [5.41, 5.74) is 2.82. The summed E-state index contributed by atoms with van der Waals surface area (Å²) in [6.07, 6.45) is 3.70. The van der Waals surface area contributed by atoms with Crippen molar-refractivity contribution >= 4 is 5.96 Å². The molecular weight excluding hydrogens is 308 g/mol. The monoisotopic (exact) mass is 344 g/mol. The van der Waals surface area contributed by atoms with Crippen LogP contribution in [0.25, 0.3) is 0 Å². The molecule has 1 unspecified atom stereocenters. The molecule has 0 bridgehead atoms. The molecule has 25 heavy (non-hydrogen) atoms. The van der Waals surface area contributed by atoms with E-state index in [1.54, 1.807) is 0 Å². The van der Waals surface area contributed by atoms with Gasteiger partial charge in [-0.25, -0.2) is 0 Å². The van der Waals surface area contributed by atoms with Crippen LogP contribution in [0, 0.1) is 5.92 Å². The molecule has 1 aromatic carbocycles. The number of benzene rings is 1. The minimum absolute atomic E-state index is 0.0644. The summed E-state index contributed by atoms with van der Waals surface area (Å²) >= 11 is 0. The van der Waals surface area contributed by atoms with Crippen molar-refractivity contribution in [2.24, 2.45) is 10.9 Å². The van der Waals surface area contributed by atoms with Gasteiger partial charge >= 0.3 is 0 Å². The van der Waals surface area contributed by atoms with Crippen molar-refractivity contribution in [3.8, 4) is 0 Å². The van der Waals surface area contributed by atoms with E-state index in [-0.39, 0.29) is 5.41 Å². The second kappa shape index (κ2) is 9.23. The SMILES string of the molecule is CCc1ccc(C(C)(C)CNC(=NC)NCC2CCCN(C)C2)cc1. The third-order valence-corrected chi connectivity index (χ3v) is 5.35. The quantitative estimate of drug-likeness (QED) is 0.615. The minimum atomic E-state index is 0.0644. The standard InChI is InChI=1S/C21H36N4/c1-6-17-9-11-19(12-10-17)21(2,3)16-24-20(22-4)23-14-18-8-7-13-25(5)15-18/h9-12,18H,6-8,13-16H2,1-5H3,(H2,22,23,24). The zero-order valence-electron chi connectivity index (χ0n) is 16.7. The van der Waals surface area contributed by atoms with Crippen molar-refractivity contribution in [3.63, 3.8) is 0 Å². The maximum absolute atomic E-state index is 4.40. The predicted molar refractivity (Wildman–Crippen MR) is 108 cm³/mol. The topological polar surface area (TPSA) is 39.7 Å². The van der Waals surface area contributed by atoms with E-state index in [9.17, 15) is 0 Å². The van der Waals surface area contributed by atoms with Crippen molar-refractivity contribution in [1.82, 2.24) is 15.5 Å². The molecule has 0 aromatic heterocycles. The summed E-state index contributed by atoms with van der Waals surface area (Å²) in [5.74, 6) is 1.62. The first-order valence-corrected chi connectivity index (χ1v) is 9.67. The fourth-order valence-corrected chi connectivity index (χ4v) is 3.50. The average Bonchev–Trinajstić information content (AvgIpc) is 2.62. The molecule has 0 spiro atoms. The number of rotatable bonds is 6. The van der Waals surface area contributed by atoms with Crippen molar-refractivity contribution < 1.29 is 0 Å². The fraction of sp³-hybridized carbons (Fsp3) is 0.667. The van der Waals surface area contributed by atoms with E-state index in [1.807, 2.05) is 7.05 Å². The number of guanidine groups is 1. The second-order valence-corrected chi connectivity index (χ2v) is 8.01. The molecule has 4 heteroatoms. The van der Waals surface area contributed by atoms with Crippen LogP contribution in [0.2, 0.25) is 0 Å². The maximum atomic E-state index is 4.40. The van der Waals surface area contributed by atoms with Gasteiger partial charge in [0.15, 0.2) is 5.96 Å². The van der Waals surface area contributed by atoms with Gasteiger partial charge in [-0.1, -0.05) is 45.0 Å². The van der Waals surface area contributed by atoms with Gasteiger partial charge in [0, 0.05) is 32.1 Å². The van der Waals surface area contributed by atoms with Crippen molar-refractivity contribution in [2.75, 3.05) is 40.3 Å². The van der Waals surface area contributed by atoms with Crippen LogP contribution in [-0.2, 0) is 11.8 Å². The highest BCUT2D eigenvalue weighted by atomic mass is 15.2. The average molecular weight is 345 g/mol. The maximum Gasteiger partial charge on any atom is 0.191 e. The van der Waals surface area contributed by atoms with Crippen LogP contribution in [0.15, 0.2) is 29.3 Å². The Morgan fingerprint density at radius 1 is 1.24 bits per heavy atom. The van der Waals surface area contributed by atoms with Gasteiger partial charge in [0.25, 0.3) is 0 Å². The highest BCUT2D eigenvalue weighted by Gasteiger charge is 2.21. The first kappa shape index (κ1) is 19.8. The Morgan fingerprint density at radius 3 is 2.56 bits per heavy atom. The molecule has 0 radical (unpaired) electrons. The zero-order valence-corrected chi connectivity index (χ0v) is 16.7. The molecule has 1 aliphatic heterocycles. The van der Waals surface area contributed by atoms with E-state index >= 15 is 0 Å². The molecule has 1 heterocycles. The lowest BCUT2D eigenvalue weighted by Gasteiger charge is -2.31. The van der Waals surface area contributed by atoms with Crippen molar-refractivity contribution in [1.29, 1.82) is 0 Å². The van der Waals surface area contributed by atoms with Gasteiger partial charge in [-0.2, -0.15) is 0 Å². The van der Waals surface area contributed by atoms with Gasteiger partial charge in [-0.15, -0.1) is 0 Å². The molecule has 0 saturated carbocycles. The van der Waals surface area contributed by atoms with Gasteiger partial charge in [-0.05, 0) is 49.9 Å². The van der Waals surface area contributed by atoms with E-state index in [1.165, 1.54) is 37.1 Å². The van der Waals surface area contributed by atoms with Crippen LogP contribution in [0.3, 0.4) is 0 Å². The number of aryl methyl sites for hydroxylation is 1. The Morgan fingerprint density at radius 2 is 1.96 bits per heavy atom. The van der Waals surface area contributed by atoms with E-state index in [2.05, 4.69) is 72.6 Å². The lowest BCUT2D eigenvalue weighted by molar-refractivity contribution is 0.210. The lowest BCUT2D eigenvalue weighted by Crippen LogP contribution is -2.46. The Bertz CT molecular complexity index is 548. The summed E-state index contributed by atoms with van der Waals surface area (Å²) in [5, 5.41) is 7.03. The second-order valence-electron chi connectivity index (χ2n) is 8.01. The molecule has 0 aliphatic carbocycles. The van der Waals surface area contributed by atoms with E-state index in [0.717, 1.165) is 25.5 Å². The third-order valence-electron chi connectivity index (χ3n) is 5.35. The van der Waals surface area contributed by atoms with Crippen LogP contribution >= 0.6 is 0 Å². The summed E-state index contributed by atoms with van der Waals surface area (Å²) in [6, 6.07) is 9.00. The first-order valence-electron chi connectivity index (χ1n) is 9.67.